The van der Waals surface area contributed by atoms with Gasteiger partial charge in [0, 0.05) is 28.6 Å². The second-order valence-electron chi connectivity index (χ2n) is 6.12. The van der Waals surface area contributed by atoms with Crippen molar-refractivity contribution in [1.82, 2.24) is 19.7 Å². The number of nitrogens with zero attached hydrogens (tertiary/aromatic N) is 4. The Morgan fingerprint density at radius 3 is 2.81 bits per heavy atom. The van der Waals surface area contributed by atoms with Gasteiger partial charge in [0.1, 0.15) is 23.2 Å². The summed E-state index contributed by atoms with van der Waals surface area (Å²) in [7, 11) is 0. The van der Waals surface area contributed by atoms with Crippen LogP contribution in [0, 0.1) is 0 Å². The van der Waals surface area contributed by atoms with Crippen LogP contribution < -0.4 is 4.74 Å². The van der Waals surface area contributed by atoms with E-state index >= 15 is 0 Å². The van der Waals surface area contributed by atoms with Gasteiger partial charge < -0.3 is 9.30 Å². The maximum atomic E-state index is 5.88. The molecule has 2 heterocycles. The highest BCUT2D eigenvalue weighted by molar-refractivity contribution is 7.98. The van der Waals surface area contributed by atoms with Crippen LogP contribution in [0.4, 0.5) is 0 Å². The zero-order valence-electron chi connectivity index (χ0n) is 14.4. The first-order valence-corrected chi connectivity index (χ1v) is 10.8. The van der Waals surface area contributed by atoms with Crippen LogP contribution in [0.1, 0.15) is 42.2 Å². The third-order valence-corrected chi connectivity index (χ3v) is 6.25. The average molecular weight is 407 g/mol. The Morgan fingerprint density at radius 2 is 2.08 bits per heavy atom. The molecule has 1 saturated carbocycles. The third kappa shape index (κ3) is 4.22. The molecule has 1 aromatic carbocycles. The second kappa shape index (κ2) is 7.98. The van der Waals surface area contributed by atoms with Crippen molar-refractivity contribution in [3.05, 3.63) is 51.2 Å². The normalized spacial score (nSPS) is 13.9. The Labute approximate surface area is 165 Å². The molecule has 1 aliphatic carbocycles. The van der Waals surface area contributed by atoms with Gasteiger partial charge in [0.25, 0.3) is 0 Å². The van der Waals surface area contributed by atoms with Crippen LogP contribution >= 0.6 is 34.7 Å². The summed E-state index contributed by atoms with van der Waals surface area (Å²) in [6.07, 6.45) is 2.48. The fraction of sp³-hybridized carbons (Fsp3) is 0.389. The number of benzene rings is 1. The summed E-state index contributed by atoms with van der Waals surface area (Å²) in [6, 6.07) is 7.37. The van der Waals surface area contributed by atoms with Gasteiger partial charge in [0.2, 0.25) is 0 Å². The monoisotopic (exact) mass is 406 g/mol. The minimum atomic E-state index is 0.466. The van der Waals surface area contributed by atoms with Crippen LogP contribution in [-0.4, -0.2) is 19.7 Å². The van der Waals surface area contributed by atoms with E-state index in [4.69, 9.17) is 16.3 Å². The number of hydrogen-bond donors (Lipinski definition) is 0. The summed E-state index contributed by atoms with van der Waals surface area (Å²) in [6.45, 7) is 3.53. The van der Waals surface area contributed by atoms with Gasteiger partial charge in [-0.3, -0.25) is 0 Å². The second-order valence-corrected chi connectivity index (χ2v) is 8.44. The molecule has 136 valence electrons. The molecule has 26 heavy (non-hydrogen) atoms. The molecule has 0 radical (unpaired) electrons. The quantitative estimate of drug-likeness (QED) is 0.484. The van der Waals surface area contributed by atoms with Gasteiger partial charge >= 0.3 is 0 Å². The molecule has 0 aliphatic heterocycles. The van der Waals surface area contributed by atoms with E-state index in [1.54, 1.807) is 23.1 Å². The summed E-state index contributed by atoms with van der Waals surface area (Å²) in [5, 5.41) is 13.5. The summed E-state index contributed by atoms with van der Waals surface area (Å²) >= 11 is 9.20. The topological polar surface area (TPSA) is 52.8 Å². The average Bonchev–Trinajstić information content (AvgIpc) is 3.26. The van der Waals surface area contributed by atoms with Gasteiger partial charge in [-0.1, -0.05) is 23.4 Å². The fourth-order valence-corrected chi connectivity index (χ4v) is 4.48. The summed E-state index contributed by atoms with van der Waals surface area (Å²) in [4.78, 5) is 4.66. The number of thiazole rings is 1. The van der Waals surface area contributed by atoms with Gasteiger partial charge in [-0.25, -0.2) is 4.98 Å². The fourth-order valence-electron chi connectivity index (χ4n) is 2.64. The lowest BCUT2D eigenvalue weighted by atomic mass is 10.3. The molecule has 0 N–H and O–H groups in total. The molecule has 0 amide bonds. The molecular weight excluding hydrogens is 388 g/mol. The van der Waals surface area contributed by atoms with Crippen LogP contribution in [-0.2, 0) is 18.9 Å². The Kier molecular flexibility index (Phi) is 5.47. The zero-order valence-corrected chi connectivity index (χ0v) is 16.8. The van der Waals surface area contributed by atoms with Crippen molar-refractivity contribution in [2.75, 3.05) is 0 Å². The predicted octanol–water partition coefficient (Wildman–Crippen LogP) is 5.16. The van der Waals surface area contributed by atoms with Crippen molar-refractivity contribution in [2.24, 2.45) is 0 Å². The lowest BCUT2D eigenvalue weighted by Gasteiger charge is -2.05. The zero-order chi connectivity index (χ0) is 17.9. The van der Waals surface area contributed by atoms with E-state index in [-0.39, 0.29) is 0 Å². The molecule has 0 spiro atoms. The van der Waals surface area contributed by atoms with Crippen LogP contribution in [0.15, 0.2) is 34.8 Å². The highest BCUT2D eigenvalue weighted by atomic mass is 35.5. The first kappa shape index (κ1) is 17.8. The lowest BCUT2D eigenvalue weighted by molar-refractivity contribution is 0.305. The largest absolute Gasteiger partial charge is 0.486 e. The maximum Gasteiger partial charge on any atom is 0.191 e. The van der Waals surface area contributed by atoms with Gasteiger partial charge in [0.05, 0.1) is 5.69 Å². The van der Waals surface area contributed by atoms with E-state index in [2.05, 4.69) is 32.1 Å². The van der Waals surface area contributed by atoms with E-state index in [9.17, 15) is 0 Å². The molecular formula is C18H19ClN4OS2. The molecule has 2 aromatic heterocycles. The van der Waals surface area contributed by atoms with Crippen molar-refractivity contribution in [3.63, 3.8) is 0 Å². The van der Waals surface area contributed by atoms with E-state index in [0.717, 1.165) is 39.7 Å². The van der Waals surface area contributed by atoms with Crippen LogP contribution in [0.3, 0.4) is 0 Å². The van der Waals surface area contributed by atoms with E-state index in [0.29, 0.717) is 17.5 Å². The molecule has 3 aromatic rings. The molecule has 0 atom stereocenters. The highest BCUT2D eigenvalue weighted by Crippen LogP contribution is 2.40. The molecule has 0 saturated heterocycles. The van der Waals surface area contributed by atoms with Gasteiger partial charge in [-0.15, -0.1) is 21.5 Å². The van der Waals surface area contributed by atoms with Crippen molar-refractivity contribution >= 4 is 34.7 Å². The molecule has 0 bridgehead atoms. The Morgan fingerprint density at radius 1 is 1.27 bits per heavy atom. The van der Waals surface area contributed by atoms with Crippen molar-refractivity contribution in [2.45, 2.75) is 49.7 Å². The van der Waals surface area contributed by atoms with Crippen molar-refractivity contribution in [3.8, 4) is 5.75 Å². The minimum absolute atomic E-state index is 0.466. The van der Waals surface area contributed by atoms with Gasteiger partial charge in [0.15, 0.2) is 5.16 Å². The smallest absolute Gasteiger partial charge is 0.191 e. The van der Waals surface area contributed by atoms with Crippen molar-refractivity contribution in [1.29, 1.82) is 0 Å². The van der Waals surface area contributed by atoms with Crippen LogP contribution in [0.25, 0.3) is 0 Å². The van der Waals surface area contributed by atoms with Gasteiger partial charge in [-0.2, -0.15) is 0 Å². The number of thioether (sulfide) groups is 1. The van der Waals surface area contributed by atoms with E-state index in [1.165, 1.54) is 12.8 Å². The lowest BCUT2D eigenvalue weighted by Crippen LogP contribution is -2.02. The third-order valence-electron chi connectivity index (χ3n) is 4.13. The summed E-state index contributed by atoms with van der Waals surface area (Å²) in [5.41, 5.74) is 1.05. The molecule has 0 unspecified atom stereocenters. The number of aromatic nitrogens is 4. The summed E-state index contributed by atoms with van der Waals surface area (Å²) < 4.78 is 7.99. The maximum absolute atomic E-state index is 5.88. The number of hydrogen-bond acceptors (Lipinski definition) is 6. The van der Waals surface area contributed by atoms with E-state index < -0.39 is 0 Å². The SMILES string of the molecule is CCn1c(SCc2csc(COc3ccc(Cl)cc3)n2)nnc1C1CC1. The van der Waals surface area contributed by atoms with E-state index in [1.807, 2.05) is 24.3 Å². The first-order valence-electron chi connectivity index (χ1n) is 8.60. The Balaban J connectivity index is 1.33. The Bertz CT molecular complexity index is 874. The highest BCUT2D eigenvalue weighted by Gasteiger charge is 2.29. The minimum Gasteiger partial charge on any atom is -0.486 e. The van der Waals surface area contributed by atoms with Crippen LogP contribution in [0.2, 0.25) is 5.02 Å². The standard InChI is InChI=1S/C18H19ClN4OS2/c1-2-23-17(12-3-4-12)21-22-18(23)26-11-14-10-25-16(20-14)9-24-15-7-5-13(19)6-8-15/h5-8,10,12H,2-4,9,11H2,1H3. The molecule has 5 nitrogen and oxygen atoms in total. The molecule has 1 fully saturated rings. The Hall–Kier alpha value is -1.57. The number of ether oxygens (including phenoxy) is 1. The number of halogens is 1. The van der Waals surface area contributed by atoms with Crippen LogP contribution in [0.5, 0.6) is 5.75 Å². The predicted molar refractivity (Wildman–Crippen MR) is 105 cm³/mol. The molecule has 4 rings (SSSR count). The first-order chi connectivity index (χ1) is 12.7. The van der Waals surface area contributed by atoms with Crippen molar-refractivity contribution < 1.29 is 4.74 Å². The number of rotatable bonds is 8. The van der Waals surface area contributed by atoms with Gasteiger partial charge in [-0.05, 0) is 44.0 Å². The summed E-state index contributed by atoms with van der Waals surface area (Å²) in [5.74, 6) is 3.35. The molecule has 1 aliphatic rings. The molecule has 8 heteroatoms.